The molecule has 2 rings (SSSR count). The normalized spacial score (nSPS) is 28.4. The number of nitrogens with two attached hydrogens (primary N) is 1. The molecule has 1 aromatic heterocycles. The van der Waals surface area contributed by atoms with Crippen LogP contribution in [-0.4, -0.2) is 28.7 Å². The summed E-state index contributed by atoms with van der Waals surface area (Å²) in [7, 11) is 3.30. The molecule has 0 aromatic carbocycles. The van der Waals surface area contributed by atoms with Crippen molar-refractivity contribution in [3.63, 3.8) is 0 Å². The third-order valence-electron chi connectivity index (χ3n) is 3.89. The number of methoxy groups -OCH3 is 1. The van der Waals surface area contributed by atoms with Gasteiger partial charge < -0.3 is 10.5 Å². The lowest BCUT2D eigenvalue weighted by Crippen LogP contribution is -2.41. The maximum absolute atomic E-state index is 12.6. The van der Waals surface area contributed by atoms with Crippen LogP contribution in [0.1, 0.15) is 36.7 Å². The van der Waals surface area contributed by atoms with E-state index in [1.54, 1.807) is 25.0 Å². The van der Waals surface area contributed by atoms with E-state index in [1.807, 2.05) is 6.92 Å². The molecule has 2 atom stereocenters. The summed E-state index contributed by atoms with van der Waals surface area (Å²) in [4.78, 5) is 12.6. The van der Waals surface area contributed by atoms with Crippen LogP contribution in [-0.2, 0) is 7.05 Å². The number of aromatic nitrogens is 2. The Hall–Kier alpha value is -1.36. The minimum absolute atomic E-state index is 0.0411. The molecule has 1 saturated carbocycles. The first-order valence-corrected chi connectivity index (χ1v) is 5.87. The van der Waals surface area contributed by atoms with E-state index in [2.05, 4.69) is 5.10 Å². The second-order valence-corrected chi connectivity index (χ2v) is 4.93. The second kappa shape index (κ2) is 4.14. The molecule has 0 amide bonds. The number of ketones is 1. The van der Waals surface area contributed by atoms with Gasteiger partial charge in [0.1, 0.15) is 5.69 Å². The fourth-order valence-corrected chi connectivity index (χ4v) is 2.57. The molecule has 5 heteroatoms. The topological polar surface area (TPSA) is 70.1 Å². The van der Waals surface area contributed by atoms with Gasteiger partial charge in [-0.25, -0.2) is 0 Å². The quantitative estimate of drug-likeness (QED) is 0.800. The molecule has 2 unspecified atom stereocenters. The molecule has 0 spiro atoms. The van der Waals surface area contributed by atoms with Gasteiger partial charge in [0, 0.05) is 18.5 Å². The van der Waals surface area contributed by atoms with Crippen LogP contribution in [0.5, 0.6) is 5.75 Å². The van der Waals surface area contributed by atoms with Gasteiger partial charge in [0.15, 0.2) is 11.5 Å². The van der Waals surface area contributed by atoms with Gasteiger partial charge in [-0.1, -0.05) is 13.3 Å². The van der Waals surface area contributed by atoms with E-state index in [-0.39, 0.29) is 11.8 Å². The lowest BCUT2D eigenvalue weighted by molar-refractivity contribution is 0.0788. The molecule has 17 heavy (non-hydrogen) atoms. The van der Waals surface area contributed by atoms with Crippen LogP contribution in [0.15, 0.2) is 6.20 Å². The lowest BCUT2D eigenvalue weighted by atomic mass is 9.79. The van der Waals surface area contributed by atoms with E-state index in [4.69, 9.17) is 10.5 Å². The number of ether oxygens (including phenoxy) is 1. The highest BCUT2D eigenvalue weighted by molar-refractivity contribution is 6.01. The predicted octanol–water partition coefficient (Wildman–Crippen LogP) is 1.13. The molecule has 1 fully saturated rings. The number of hydrogen-bond acceptors (Lipinski definition) is 4. The number of Topliss-reactive ketones (excluding diaryl/α,β-unsaturated/α-hetero) is 1. The van der Waals surface area contributed by atoms with Crippen molar-refractivity contribution in [1.29, 1.82) is 0 Å². The lowest BCUT2D eigenvalue weighted by Gasteiger charge is -2.27. The van der Waals surface area contributed by atoms with Gasteiger partial charge in [-0.3, -0.25) is 9.48 Å². The molecule has 1 aromatic rings. The summed E-state index contributed by atoms with van der Waals surface area (Å²) in [5, 5.41) is 4.07. The van der Waals surface area contributed by atoms with Crippen LogP contribution < -0.4 is 10.5 Å². The Morgan fingerprint density at radius 2 is 2.41 bits per heavy atom. The van der Waals surface area contributed by atoms with Crippen LogP contribution in [0, 0.1) is 5.41 Å². The molecule has 0 radical (unpaired) electrons. The summed E-state index contributed by atoms with van der Waals surface area (Å²) < 4.78 is 6.75. The Morgan fingerprint density at radius 1 is 1.71 bits per heavy atom. The van der Waals surface area contributed by atoms with Gasteiger partial charge in [0.05, 0.1) is 13.3 Å². The van der Waals surface area contributed by atoms with E-state index < -0.39 is 5.41 Å². The number of carbonyl (C=O) groups is 1. The zero-order valence-electron chi connectivity index (χ0n) is 10.6. The van der Waals surface area contributed by atoms with Crippen molar-refractivity contribution in [2.24, 2.45) is 18.2 Å². The number of carbonyl (C=O) groups excluding carboxylic acids is 1. The van der Waals surface area contributed by atoms with E-state index in [0.29, 0.717) is 11.4 Å². The second-order valence-electron chi connectivity index (χ2n) is 4.93. The average molecular weight is 237 g/mol. The molecular weight excluding hydrogens is 218 g/mol. The van der Waals surface area contributed by atoms with Crippen molar-refractivity contribution < 1.29 is 9.53 Å². The molecule has 94 valence electrons. The molecule has 1 aliphatic rings. The Kier molecular flexibility index (Phi) is 2.95. The summed E-state index contributed by atoms with van der Waals surface area (Å²) >= 11 is 0. The van der Waals surface area contributed by atoms with Crippen LogP contribution in [0.25, 0.3) is 0 Å². The van der Waals surface area contributed by atoms with Crippen molar-refractivity contribution in [3.05, 3.63) is 11.9 Å². The van der Waals surface area contributed by atoms with E-state index in [1.165, 1.54) is 0 Å². The van der Waals surface area contributed by atoms with Crippen LogP contribution in [0.3, 0.4) is 0 Å². The molecular formula is C12H19N3O2. The van der Waals surface area contributed by atoms with Crippen molar-refractivity contribution >= 4 is 5.78 Å². The summed E-state index contributed by atoms with van der Waals surface area (Å²) in [5.41, 5.74) is 6.11. The highest BCUT2D eigenvalue weighted by Gasteiger charge is 2.45. The standard InChI is InChI=1S/C12H19N3O2/c1-12(6-4-5-9(12)13)11(16)10-8(17-3)7-14-15(10)2/h7,9H,4-6,13H2,1-3H3. The predicted molar refractivity (Wildman–Crippen MR) is 64.0 cm³/mol. The van der Waals surface area contributed by atoms with Crippen molar-refractivity contribution in [2.45, 2.75) is 32.2 Å². The minimum atomic E-state index is -0.485. The monoisotopic (exact) mass is 237 g/mol. The zero-order valence-corrected chi connectivity index (χ0v) is 10.6. The van der Waals surface area contributed by atoms with E-state index in [9.17, 15) is 4.79 Å². The minimum Gasteiger partial charge on any atom is -0.493 e. The first-order valence-electron chi connectivity index (χ1n) is 5.87. The number of rotatable bonds is 3. The highest BCUT2D eigenvalue weighted by atomic mass is 16.5. The van der Waals surface area contributed by atoms with Gasteiger partial charge in [-0.05, 0) is 12.8 Å². The summed E-state index contributed by atoms with van der Waals surface area (Å²) in [6, 6.07) is -0.0744. The van der Waals surface area contributed by atoms with Crippen molar-refractivity contribution in [2.75, 3.05) is 7.11 Å². The molecule has 5 nitrogen and oxygen atoms in total. The number of nitrogens with zero attached hydrogens (tertiary/aromatic N) is 2. The first-order chi connectivity index (χ1) is 8.00. The SMILES string of the molecule is COc1cnn(C)c1C(=O)C1(C)CCCC1N. The maximum atomic E-state index is 12.6. The largest absolute Gasteiger partial charge is 0.493 e. The molecule has 0 aliphatic heterocycles. The van der Waals surface area contributed by atoms with Crippen molar-refractivity contribution in [1.82, 2.24) is 9.78 Å². The highest BCUT2D eigenvalue weighted by Crippen LogP contribution is 2.40. The van der Waals surface area contributed by atoms with Gasteiger partial charge in [-0.15, -0.1) is 0 Å². The van der Waals surface area contributed by atoms with Gasteiger partial charge >= 0.3 is 0 Å². The Morgan fingerprint density at radius 3 is 2.94 bits per heavy atom. The third-order valence-corrected chi connectivity index (χ3v) is 3.89. The van der Waals surface area contributed by atoms with Gasteiger partial charge in [-0.2, -0.15) is 5.10 Å². The van der Waals surface area contributed by atoms with Crippen LogP contribution in [0.4, 0.5) is 0 Å². The maximum Gasteiger partial charge on any atom is 0.192 e. The Balaban J connectivity index is 2.40. The molecule has 2 N–H and O–H groups in total. The molecule has 0 bridgehead atoms. The van der Waals surface area contributed by atoms with Crippen LogP contribution >= 0.6 is 0 Å². The van der Waals surface area contributed by atoms with Gasteiger partial charge in [0.25, 0.3) is 0 Å². The molecule has 1 aliphatic carbocycles. The molecule has 0 saturated heterocycles. The van der Waals surface area contributed by atoms with E-state index >= 15 is 0 Å². The third kappa shape index (κ3) is 1.74. The summed E-state index contributed by atoms with van der Waals surface area (Å²) in [6.07, 6.45) is 4.31. The summed E-state index contributed by atoms with van der Waals surface area (Å²) in [5.74, 6) is 0.567. The first kappa shape index (κ1) is 12.1. The fraction of sp³-hybridized carbons (Fsp3) is 0.667. The average Bonchev–Trinajstić information content (AvgIpc) is 2.83. The van der Waals surface area contributed by atoms with Gasteiger partial charge in [0.2, 0.25) is 0 Å². The van der Waals surface area contributed by atoms with Crippen molar-refractivity contribution in [3.8, 4) is 5.75 Å². The Labute approximate surface area is 101 Å². The van der Waals surface area contributed by atoms with Crippen LogP contribution in [0.2, 0.25) is 0 Å². The van der Waals surface area contributed by atoms with E-state index in [0.717, 1.165) is 19.3 Å². The molecule has 1 heterocycles. The number of aryl methyl sites for hydroxylation is 1. The number of hydrogen-bond donors (Lipinski definition) is 1. The zero-order chi connectivity index (χ0) is 12.6. The Bertz CT molecular complexity index is 441. The smallest absolute Gasteiger partial charge is 0.192 e. The fourth-order valence-electron chi connectivity index (χ4n) is 2.57. The summed E-state index contributed by atoms with van der Waals surface area (Å²) in [6.45, 7) is 1.94.